The first-order valence-electron chi connectivity index (χ1n) is 4.73. The van der Waals surface area contributed by atoms with Gasteiger partial charge in [-0.3, -0.25) is 4.79 Å². The van der Waals surface area contributed by atoms with Gasteiger partial charge in [0.2, 0.25) is 0 Å². The highest BCUT2D eigenvalue weighted by molar-refractivity contribution is 5.99. The van der Waals surface area contributed by atoms with E-state index in [4.69, 9.17) is 5.11 Å². The Morgan fingerprint density at radius 2 is 2.27 bits per heavy atom. The second-order valence-corrected chi connectivity index (χ2v) is 3.45. The third kappa shape index (κ3) is 2.76. The lowest BCUT2D eigenvalue weighted by molar-refractivity contribution is 0.101. The van der Waals surface area contributed by atoms with E-state index in [-0.39, 0.29) is 24.0 Å². The van der Waals surface area contributed by atoms with Crippen LogP contribution in [0.1, 0.15) is 24.2 Å². The van der Waals surface area contributed by atoms with E-state index >= 15 is 0 Å². The summed E-state index contributed by atoms with van der Waals surface area (Å²) in [6.07, 6.45) is 0. The summed E-state index contributed by atoms with van der Waals surface area (Å²) in [5.74, 6) is -0.877. The van der Waals surface area contributed by atoms with Crippen molar-refractivity contribution in [2.75, 3.05) is 11.9 Å². The van der Waals surface area contributed by atoms with Crippen LogP contribution in [0, 0.1) is 5.82 Å². The van der Waals surface area contributed by atoms with Gasteiger partial charge in [0.1, 0.15) is 5.82 Å². The molecule has 0 aromatic heterocycles. The molecule has 0 amide bonds. The Morgan fingerprint density at radius 3 is 2.80 bits per heavy atom. The van der Waals surface area contributed by atoms with Gasteiger partial charge in [-0.25, -0.2) is 4.39 Å². The minimum absolute atomic E-state index is 0.0396. The highest BCUT2D eigenvalue weighted by Crippen LogP contribution is 2.20. The zero-order chi connectivity index (χ0) is 11.4. The van der Waals surface area contributed by atoms with Crippen molar-refractivity contribution in [1.82, 2.24) is 0 Å². The maximum atomic E-state index is 13.3. The summed E-state index contributed by atoms with van der Waals surface area (Å²) in [4.78, 5) is 11.2. The van der Waals surface area contributed by atoms with E-state index in [0.717, 1.165) is 0 Å². The van der Waals surface area contributed by atoms with E-state index in [1.54, 1.807) is 13.0 Å². The highest BCUT2D eigenvalue weighted by Gasteiger charge is 2.13. The highest BCUT2D eigenvalue weighted by atomic mass is 19.1. The first-order valence-corrected chi connectivity index (χ1v) is 4.73. The van der Waals surface area contributed by atoms with Crippen LogP contribution in [0.4, 0.5) is 10.1 Å². The third-order valence-corrected chi connectivity index (χ3v) is 2.04. The van der Waals surface area contributed by atoms with E-state index in [0.29, 0.717) is 5.69 Å². The molecule has 0 aliphatic heterocycles. The van der Waals surface area contributed by atoms with E-state index in [1.165, 1.54) is 19.1 Å². The van der Waals surface area contributed by atoms with Crippen molar-refractivity contribution in [3.05, 3.63) is 29.6 Å². The van der Waals surface area contributed by atoms with Gasteiger partial charge in [0, 0.05) is 11.7 Å². The SMILES string of the molecule is CC(=O)c1c(F)cccc1NC(C)CO. The fraction of sp³-hybridized carbons (Fsp3) is 0.364. The lowest BCUT2D eigenvalue weighted by Gasteiger charge is -2.15. The van der Waals surface area contributed by atoms with Gasteiger partial charge >= 0.3 is 0 Å². The number of Topliss-reactive ketones (excluding diaryl/α,β-unsaturated/α-hetero) is 1. The van der Waals surface area contributed by atoms with Crippen LogP contribution in [0.3, 0.4) is 0 Å². The number of rotatable bonds is 4. The Hall–Kier alpha value is -1.42. The molecule has 82 valence electrons. The second-order valence-electron chi connectivity index (χ2n) is 3.45. The molecule has 1 rings (SSSR count). The van der Waals surface area contributed by atoms with Gasteiger partial charge in [0.25, 0.3) is 0 Å². The minimum atomic E-state index is -0.544. The standard InChI is InChI=1S/C11H14FNO2/c1-7(6-14)13-10-5-3-4-9(12)11(10)8(2)15/h3-5,7,13-14H,6H2,1-2H3. The topological polar surface area (TPSA) is 49.3 Å². The first kappa shape index (κ1) is 11.7. The van der Waals surface area contributed by atoms with Gasteiger partial charge in [-0.05, 0) is 26.0 Å². The normalized spacial score (nSPS) is 12.3. The number of hydrogen-bond acceptors (Lipinski definition) is 3. The maximum absolute atomic E-state index is 13.3. The Kier molecular flexibility index (Phi) is 3.80. The van der Waals surface area contributed by atoms with Crippen LogP contribution in [-0.4, -0.2) is 23.5 Å². The van der Waals surface area contributed by atoms with Crippen LogP contribution < -0.4 is 5.32 Å². The number of aliphatic hydroxyl groups is 1. The number of hydrogen-bond donors (Lipinski definition) is 2. The quantitative estimate of drug-likeness (QED) is 0.747. The van der Waals surface area contributed by atoms with Gasteiger partial charge in [-0.2, -0.15) is 0 Å². The fourth-order valence-corrected chi connectivity index (χ4v) is 1.31. The van der Waals surface area contributed by atoms with Crippen molar-refractivity contribution in [1.29, 1.82) is 0 Å². The van der Waals surface area contributed by atoms with E-state index < -0.39 is 5.82 Å². The van der Waals surface area contributed by atoms with Crippen molar-refractivity contribution in [2.45, 2.75) is 19.9 Å². The second kappa shape index (κ2) is 4.89. The van der Waals surface area contributed by atoms with Crippen molar-refractivity contribution in [3.63, 3.8) is 0 Å². The van der Waals surface area contributed by atoms with E-state index in [1.807, 2.05) is 0 Å². The molecule has 0 spiro atoms. The third-order valence-electron chi connectivity index (χ3n) is 2.04. The number of benzene rings is 1. The molecule has 0 saturated carbocycles. The van der Waals surface area contributed by atoms with Gasteiger partial charge in [-0.1, -0.05) is 6.07 Å². The summed E-state index contributed by atoms with van der Waals surface area (Å²) in [5.41, 5.74) is 0.460. The van der Waals surface area contributed by atoms with Crippen LogP contribution in [0.2, 0.25) is 0 Å². The van der Waals surface area contributed by atoms with Gasteiger partial charge in [-0.15, -0.1) is 0 Å². The first-order chi connectivity index (χ1) is 7.06. The molecule has 0 heterocycles. The van der Waals surface area contributed by atoms with Crippen LogP contribution in [0.15, 0.2) is 18.2 Å². The number of aliphatic hydroxyl groups excluding tert-OH is 1. The zero-order valence-electron chi connectivity index (χ0n) is 8.75. The van der Waals surface area contributed by atoms with Crippen LogP contribution in [0.5, 0.6) is 0 Å². The molecule has 3 nitrogen and oxygen atoms in total. The number of nitrogens with one attached hydrogen (secondary N) is 1. The van der Waals surface area contributed by atoms with Crippen LogP contribution >= 0.6 is 0 Å². The Balaban J connectivity index is 3.06. The number of anilines is 1. The van der Waals surface area contributed by atoms with Crippen molar-refractivity contribution in [3.8, 4) is 0 Å². The molecule has 0 aliphatic carbocycles. The average molecular weight is 211 g/mol. The molecule has 1 aromatic carbocycles. The number of ketones is 1. The lowest BCUT2D eigenvalue weighted by Crippen LogP contribution is -2.21. The summed E-state index contributed by atoms with van der Waals surface area (Å²) < 4.78 is 13.3. The summed E-state index contributed by atoms with van der Waals surface area (Å²) >= 11 is 0. The summed E-state index contributed by atoms with van der Waals surface area (Å²) in [5, 5.41) is 11.7. The summed E-state index contributed by atoms with van der Waals surface area (Å²) in [6.45, 7) is 2.98. The number of carbonyl (C=O) groups is 1. The fourth-order valence-electron chi connectivity index (χ4n) is 1.31. The van der Waals surface area contributed by atoms with E-state index in [9.17, 15) is 9.18 Å². The van der Waals surface area contributed by atoms with Crippen molar-refractivity contribution < 1.29 is 14.3 Å². The number of carbonyl (C=O) groups excluding carboxylic acids is 1. The van der Waals surface area contributed by atoms with Crippen molar-refractivity contribution in [2.24, 2.45) is 0 Å². The predicted molar refractivity (Wildman–Crippen MR) is 56.6 cm³/mol. The van der Waals surface area contributed by atoms with Crippen LogP contribution in [0.25, 0.3) is 0 Å². The van der Waals surface area contributed by atoms with Crippen LogP contribution in [-0.2, 0) is 0 Å². The predicted octanol–water partition coefficient (Wildman–Crippen LogP) is 1.82. The molecule has 0 aliphatic rings. The average Bonchev–Trinajstić information content (AvgIpc) is 2.17. The zero-order valence-corrected chi connectivity index (χ0v) is 8.75. The molecule has 0 saturated heterocycles. The van der Waals surface area contributed by atoms with E-state index in [2.05, 4.69) is 5.32 Å². The molecule has 1 aromatic rings. The van der Waals surface area contributed by atoms with Crippen molar-refractivity contribution >= 4 is 11.5 Å². The Labute approximate surface area is 87.9 Å². The lowest BCUT2D eigenvalue weighted by atomic mass is 10.1. The molecule has 1 atom stereocenters. The molecule has 0 fully saturated rings. The summed E-state index contributed by atoms with van der Waals surface area (Å²) in [7, 11) is 0. The smallest absolute Gasteiger partial charge is 0.164 e. The molecule has 0 bridgehead atoms. The molecular formula is C11H14FNO2. The monoisotopic (exact) mass is 211 g/mol. The molecule has 0 radical (unpaired) electrons. The molecular weight excluding hydrogens is 197 g/mol. The van der Waals surface area contributed by atoms with Gasteiger partial charge < -0.3 is 10.4 Å². The summed E-state index contributed by atoms with van der Waals surface area (Å²) in [6, 6.07) is 4.16. The largest absolute Gasteiger partial charge is 0.394 e. The van der Waals surface area contributed by atoms with Gasteiger partial charge in [0.05, 0.1) is 12.2 Å². The molecule has 1 unspecified atom stereocenters. The molecule has 15 heavy (non-hydrogen) atoms. The maximum Gasteiger partial charge on any atom is 0.164 e. The Morgan fingerprint density at radius 1 is 1.60 bits per heavy atom. The minimum Gasteiger partial charge on any atom is -0.394 e. The number of halogens is 1. The van der Waals surface area contributed by atoms with Gasteiger partial charge in [0.15, 0.2) is 5.78 Å². The Bertz CT molecular complexity index is 366. The molecule has 2 N–H and O–H groups in total. The molecule has 4 heteroatoms.